The van der Waals surface area contributed by atoms with Gasteiger partial charge in [-0.1, -0.05) is 31.1 Å². The van der Waals surface area contributed by atoms with E-state index in [1.807, 2.05) is 38.1 Å². The van der Waals surface area contributed by atoms with Crippen LogP contribution < -0.4 is 10.1 Å². The number of carbonyl (C=O) groups is 3. The number of hydrogen-bond donors (Lipinski definition) is 3. The molecule has 0 spiro atoms. The van der Waals surface area contributed by atoms with Gasteiger partial charge in [-0.3, -0.25) is 14.4 Å². The first-order valence-electron chi connectivity index (χ1n) is 12.8. The Hall–Kier alpha value is -4.73. The zero-order chi connectivity index (χ0) is 29.1. The summed E-state index contributed by atoms with van der Waals surface area (Å²) < 4.78 is 11.1. The average molecular weight is 544 g/mol. The molecule has 0 amide bonds. The van der Waals surface area contributed by atoms with Crippen molar-refractivity contribution < 1.29 is 33.9 Å². The molecular formula is C30H29N3O7. The monoisotopic (exact) mass is 543 g/mol. The fourth-order valence-electron chi connectivity index (χ4n) is 5.10. The summed E-state index contributed by atoms with van der Waals surface area (Å²) in [5.74, 6) is -1.30. The molecule has 3 N–H and O–H groups in total. The van der Waals surface area contributed by atoms with Crippen molar-refractivity contribution in [1.29, 1.82) is 0 Å². The van der Waals surface area contributed by atoms with Crippen LogP contribution in [0.1, 0.15) is 79.3 Å². The highest BCUT2D eigenvalue weighted by Gasteiger charge is 2.56. The van der Waals surface area contributed by atoms with E-state index >= 15 is 0 Å². The number of nitrogens with zero attached hydrogens (tertiary/aromatic N) is 2. The number of phenolic OH excluding ortho intramolecular Hbond substituents is 2. The first-order valence-corrected chi connectivity index (χ1v) is 12.8. The first kappa shape index (κ1) is 26.9. The van der Waals surface area contributed by atoms with Crippen LogP contribution in [0.25, 0.3) is 0 Å². The lowest BCUT2D eigenvalue weighted by Gasteiger charge is -2.29. The van der Waals surface area contributed by atoms with E-state index in [9.17, 15) is 24.6 Å². The summed E-state index contributed by atoms with van der Waals surface area (Å²) in [6.07, 6.45) is 1.68. The van der Waals surface area contributed by atoms with Crippen molar-refractivity contribution in [1.82, 2.24) is 10.1 Å². The minimum absolute atomic E-state index is 0.0108. The average Bonchev–Trinajstić information content (AvgIpc) is 3.47. The number of ether oxygens (including phenoxy) is 1. The van der Waals surface area contributed by atoms with Crippen molar-refractivity contribution in [3.05, 3.63) is 81.3 Å². The number of hydrogen-bond acceptors (Lipinski definition) is 10. The van der Waals surface area contributed by atoms with Gasteiger partial charge in [0.1, 0.15) is 34.0 Å². The Kier molecular flexibility index (Phi) is 6.36. The number of allylic oxidation sites excluding steroid dienone is 4. The van der Waals surface area contributed by atoms with E-state index < -0.39 is 28.5 Å². The van der Waals surface area contributed by atoms with Crippen LogP contribution in [0.3, 0.4) is 0 Å². The van der Waals surface area contributed by atoms with Gasteiger partial charge >= 0.3 is 0 Å². The largest absolute Gasteiger partial charge is 0.507 e. The molecule has 10 heteroatoms. The Morgan fingerprint density at radius 1 is 1.10 bits per heavy atom. The van der Waals surface area contributed by atoms with E-state index in [-0.39, 0.29) is 45.4 Å². The molecule has 5 rings (SSSR count). The Balaban J connectivity index is 1.46. The maximum absolute atomic E-state index is 13.9. The van der Waals surface area contributed by atoms with Crippen molar-refractivity contribution in [2.24, 2.45) is 0 Å². The molecule has 10 nitrogen and oxygen atoms in total. The summed E-state index contributed by atoms with van der Waals surface area (Å²) in [6, 6.07) is 7.39. The lowest BCUT2D eigenvalue weighted by molar-refractivity contribution is -0.123. The molecule has 1 aromatic heterocycles. The molecule has 1 unspecified atom stereocenters. The third-order valence-corrected chi connectivity index (χ3v) is 7.39. The number of anilines is 1. The van der Waals surface area contributed by atoms with Crippen molar-refractivity contribution in [3.8, 4) is 17.2 Å². The summed E-state index contributed by atoms with van der Waals surface area (Å²) in [7, 11) is 0. The number of phenols is 2. The van der Waals surface area contributed by atoms with Gasteiger partial charge in [-0.15, -0.1) is 0 Å². The Bertz CT molecular complexity index is 1660. The minimum atomic E-state index is -1.57. The lowest BCUT2D eigenvalue weighted by Crippen LogP contribution is -2.40. The molecule has 0 radical (unpaired) electrons. The molecule has 0 saturated carbocycles. The number of benzene rings is 2. The zero-order valence-electron chi connectivity index (χ0n) is 23.0. The Morgan fingerprint density at radius 2 is 1.77 bits per heavy atom. The fourth-order valence-corrected chi connectivity index (χ4v) is 5.10. The highest BCUT2D eigenvalue weighted by molar-refractivity contribution is 6.31. The van der Waals surface area contributed by atoms with E-state index in [0.29, 0.717) is 29.5 Å². The van der Waals surface area contributed by atoms with Gasteiger partial charge in [0.25, 0.3) is 0 Å². The lowest BCUT2D eigenvalue weighted by atomic mass is 9.70. The van der Waals surface area contributed by atoms with Crippen LogP contribution in [0.2, 0.25) is 0 Å². The van der Waals surface area contributed by atoms with Gasteiger partial charge in [-0.05, 0) is 45.4 Å². The van der Waals surface area contributed by atoms with Crippen molar-refractivity contribution >= 4 is 23.0 Å². The molecular weight excluding hydrogens is 514 g/mol. The number of ketones is 3. The van der Waals surface area contributed by atoms with Crippen molar-refractivity contribution in [2.45, 2.75) is 59.3 Å². The van der Waals surface area contributed by atoms with Crippen LogP contribution in [0.5, 0.6) is 17.2 Å². The molecule has 40 heavy (non-hydrogen) atoms. The topological polar surface area (TPSA) is 152 Å². The summed E-state index contributed by atoms with van der Waals surface area (Å²) in [5.41, 5.74) is 0.183. The van der Waals surface area contributed by atoms with Gasteiger partial charge in [-0.25, -0.2) is 0 Å². The van der Waals surface area contributed by atoms with E-state index in [2.05, 4.69) is 15.5 Å². The van der Waals surface area contributed by atoms with Crippen molar-refractivity contribution in [3.63, 3.8) is 0 Å². The quantitative estimate of drug-likeness (QED) is 0.225. The van der Waals surface area contributed by atoms with Crippen LogP contribution in [0.15, 0.2) is 51.9 Å². The van der Waals surface area contributed by atoms with E-state index in [1.54, 1.807) is 6.92 Å². The summed E-state index contributed by atoms with van der Waals surface area (Å²) >= 11 is 0. The van der Waals surface area contributed by atoms with E-state index in [4.69, 9.17) is 9.26 Å². The molecule has 0 fully saturated rings. The van der Waals surface area contributed by atoms with Gasteiger partial charge in [0.05, 0.1) is 11.1 Å². The second kappa shape index (κ2) is 9.48. The Morgan fingerprint density at radius 3 is 2.38 bits per heavy atom. The molecule has 206 valence electrons. The highest BCUT2D eigenvalue weighted by atomic mass is 16.5. The molecule has 1 aliphatic carbocycles. The number of rotatable bonds is 6. The molecule has 0 bridgehead atoms. The Labute approximate surface area is 230 Å². The molecule has 2 heterocycles. The maximum Gasteiger partial charge on any atom is 0.229 e. The number of fused-ring (bicyclic) bond motifs is 3. The molecule has 2 aliphatic rings. The predicted molar refractivity (Wildman–Crippen MR) is 145 cm³/mol. The second-order valence-corrected chi connectivity index (χ2v) is 10.6. The maximum atomic E-state index is 13.9. The number of Topliss-reactive ketones (excluding diaryl/α,β-unsaturated/α-hetero) is 2. The number of nitrogens with one attached hydrogen (secondary N) is 1. The van der Waals surface area contributed by atoms with Crippen LogP contribution in [-0.4, -0.2) is 37.7 Å². The molecule has 0 saturated heterocycles. The van der Waals surface area contributed by atoms with Crippen molar-refractivity contribution in [2.75, 3.05) is 5.32 Å². The van der Waals surface area contributed by atoms with Gasteiger partial charge in [0, 0.05) is 35.4 Å². The first-order chi connectivity index (χ1) is 18.8. The zero-order valence-corrected chi connectivity index (χ0v) is 23.0. The normalized spacial score (nSPS) is 19.2. The number of carbonyl (C=O) groups excluding carboxylic acids is 3. The molecule has 2 aromatic carbocycles. The summed E-state index contributed by atoms with van der Waals surface area (Å²) in [6.45, 7) is 9.79. The smallest absolute Gasteiger partial charge is 0.229 e. The van der Waals surface area contributed by atoms with E-state index in [1.165, 1.54) is 26.8 Å². The van der Waals surface area contributed by atoms with E-state index in [0.717, 1.165) is 5.56 Å². The number of aromatic hydroxyl groups is 2. The molecule has 1 atom stereocenters. The minimum Gasteiger partial charge on any atom is -0.507 e. The summed E-state index contributed by atoms with van der Waals surface area (Å²) in [5, 5.41) is 28.6. The van der Waals surface area contributed by atoms with Crippen LogP contribution in [0.4, 0.5) is 5.69 Å². The molecule has 3 aromatic rings. The summed E-state index contributed by atoms with van der Waals surface area (Å²) in [4.78, 5) is 43.8. The third kappa shape index (κ3) is 4.07. The van der Waals surface area contributed by atoms with Gasteiger partial charge < -0.3 is 24.8 Å². The highest BCUT2D eigenvalue weighted by Crippen LogP contribution is 2.57. The standard InChI is InChI=1S/C30H29N3O7/c1-13(2)29-32-21(33-40-29)11-17-7-9-18(10-8-17)31-15(4)22-19(35)12-20-30(6,28(22)38)24-26(37)14(3)25(36)23(16(5)34)27(24)39-20/h7-10,12-13,31,36-37H,11H2,1-6H3. The second-order valence-electron chi connectivity index (χ2n) is 10.6. The van der Waals surface area contributed by atoms with Crippen LogP contribution in [-0.2, 0) is 21.4 Å². The third-order valence-electron chi connectivity index (χ3n) is 7.39. The molecule has 1 aliphatic heterocycles. The van der Waals surface area contributed by atoms with Gasteiger partial charge in [-0.2, -0.15) is 4.98 Å². The SMILES string of the molecule is CC(=O)c1c(O)c(C)c(O)c2c1OC1=CC(=O)C(=C(C)Nc3ccc(Cc4noc(C(C)C)n4)cc3)C(=O)C12C. The van der Waals surface area contributed by atoms with Gasteiger partial charge in [0.2, 0.25) is 5.89 Å². The van der Waals surface area contributed by atoms with Gasteiger partial charge in [0.15, 0.2) is 23.2 Å². The fraction of sp³-hybridized carbons (Fsp3) is 0.300. The number of aromatic nitrogens is 2. The van der Waals surface area contributed by atoms with Crippen LogP contribution in [0, 0.1) is 6.92 Å². The predicted octanol–water partition coefficient (Wildman–Crippen LogP) is 4.78. The van der Waals surface area contributed by atoms with Crippen LogP contribution >= 0.6 is 0 Å².